The summed E-state index contributed by atoms with van der Waals surface area (Å²) in [5.41, 5.74) is 2.64. The third-order valence-electron chi connectivity index (χ3n) is 4.47. The number of ether oxygens (including phenoxy) is 2. The molecule has 0 aromatic heterocycles. The Morgan fingerprint density at radius 3 is 2.92 bits per heavy atom. The van der Waals surface area contributed by atoms with Crippen LogP contribution in [0.1, 0.15) is 23.5 Å². The summed E-state index contributed by atoms with van der Waals surface area (Å²) >= 11 is 0. The predicted molar refractivity (Wildman–Crippen MR) is 91.7 cm³/mol. The number of rotatable bonds is 4. The van der Waals surface area contributed by atoms with Crippen molar-refractivity contribution in [2.24, 2.45) is 0 Å². The number of fused-ring (bicyclic) bond motifs is 2. The van der Waals surface area contributed by atoms with E-state index in [-0.39, 0.29) is 25.0 Å². The first kappa shape index (κ1) is 15.5. The van der Waals surface area contributed by atoms with Crippen molar-refractivity contribution in [3.05, 3.63) is 53.6 Å². The monoisotopic (exact) mass is 338 g/mol. The van der Waals surface area contributed by atoms with Crippen LogP contribution < -0.4 is 20.1 Å². The molecule has 2 aromatic carbocycles. The van der Waals surface area contributed by atoms with Gasteiger partial charge in [0.15, 0.2) is 11.5 Å². The summed E-state index contributed by atoms with van der Waals surface area (Å²) in [7, 11) is 0. The lowest BCUT2D eigenvalue weighted by Gasteiger charge is -2.24. The summed E-state index contributed by atoms with van der Waals surface area (Å²) in [6.45, 7) is 0.747. The molecule has 2 aliphatic rings. The molecule has 4 rings (SSSR count). The predicted octanol–water partition coefficient (Wildman–Crippen LogP) is 2.20. The molecule has 0 aliphatic carbocycles. The second kappa shape index (κ2) is 6.47. The van der Waals surface area contributed by atoms with Crippen LogP contribution in [0, 0.1) is 0 Å². The van der Waals surface area contributed by atoms with E-state index in [0.29, 0.717) is 13.0 Å². The van der Waals surface area contributed by atoms with Gasteiger partial charge in [-0.3, -0.25) is 9.59 Å². The Morgan fingerprint density at radius 2 is 2.00 bits per heavy atom. The van der Waals surface area contributed by atoms with E-state index >= 15 is 0 Å². The SMILES string of the molecule is O=C1C[C@H](C(=O)NCCc2ccc3c(c2)OCO3)c2ccccc2N1. The summed E-state index contributed by atoms with van der Waals surface area (Å²) in [6.07, 6.45) is 0.857. The van der Waals surface area contributed by atoms with Gasteiger partial charge in [-0.05, 0) is 35.7 Å². The highest BCUT2D eigenvalue weighted by Gasteiger charge is 2.30. The van der Waals surface area contributed by atoms with Crippen molar-refractivity contribution < 1.29 is 19.1 Å². The summed E-state index contributed by atoms with van der Waals surface area (Å²) in [5, 5.41) is 5.74. The van der Waals surface area contributed by atoms with Crippen LogP contribution in [0.2, 0.25) is 0 Å². The molecular formula is C19H18N2O4. The number of benzene rings is 2. The Labute approximate surface area is 145 Å². The maximum Gasteiger partial charge on any atom is 0.231 e. The van der Waals surface area contributed by atoms with Crippen LogP contribution in [0.3, 0.4) is 0 Å². The molecule has 2 amide bonds. The first-order valence-corrected chi connectivity index (χ1v) is 8.26. The summed E-state index contributed by atoms with van der Waals surface area (Å²) in [4.78, 5) is 24.4. The first-order valence-electron chi connectivity index (χ1n) is 8.26. The van der Waals surface area contributed by atoms with E-state index in [4.69, 9.17) is 9.47 Å². The number of anilines is 1. The molecule has 0 radical (unpaired) electrons. The van der Waals surface area contributed by atoms with Gasteiger partial charge >= 0.3 is 0 Å². The number of amides is 2. The molecule has 128 valence electrons. The van der Waals surface area contributed by atoms with E-state index in [1.807, 2.05) is 42.5 Å². The van der Waals surface area contributed by atoms with Crippen molar-refractivity contribution in [3.63, 3.8) is 0 Å². The van der Waals surface area contributed by atoms with Crippen LogP contribution in [0.15, 0.2) is 42.5 Å². The molecule has 25 heavy (non-hydrogen) atoms. The van der Waals surface area contributed by atoms with Gasteiger partial charge in [0.05, 0.1) is 5.92 Å². The Kier molecular flexibility index (Phi) is 4.01. The Balaban J connectivity index is 1.39. The molecule has 0 bridgehead atoms. The third kappa shape index (κ3) is 3.15. The van der Waals surface area contributed by atoms with E-state index in [1.54, 1.807) is 0 Å². The standard InChI is InChI=1S/C19H18N2O4/c22-18-10-14(13-3-1-2-4-15(13)21-18)19(23)20-8-7-12-5-6-16-17(9-12)25-11-24-16/h1-6,9,14H,7-8,10-11H2,(H,20,23)(H,21,22)/t14-/m0/s1. The molecule has 2 heterocycles. The van der Waals surface area contributed by atoms with Crippen molar-refractivity contribution in [2.45, 2.75) is 18.8 Å². The number of carbonyl (C=O) groups is 2. The molecule has 0 spiro atoms. The molecule has 2 aromatic rings. The maximum atomic E-state index is 12.5. The van der Waals surface area contributed by atoms with Gasteiger partial charge in [-0.25, -0.2) is 0 Å². The molecule has 0 unspecified atom stereocenters. The third-order valence-corrected chi connectivity index (χ3v) is 4.47. The van der Waals surface area contributed by atoms with Gasteiger partial charge in [0.2, 0.25) is 18.6 Å². The normalized spacial score (nSPS) is 17.6. The Bertz CT molecular complexity index is 834. The van der Waals surface area contributed by atoms with Gasteiger partial charge in [0, 0.05) is 18.7 Å². The van der Waals surface area contributed by atoms with E-state index in [2.05, 4.69) is 10.6 Å². The summed E-state index contributed by atoms with van der Waals surface area (Å²) in [6, 6.07) is 13.2. The largest absolute Gasteiger partial charge is 0.454 e. The number of para-hydroxylation sites is 1. The maximum absolute atomic E-state index is 12.5. The molecule has 0 saturated heterocycles. The second-order valence-electron chi connectivity index (χ2n) is 6.12. The minimum Gasteiger partial charge on any atom is -0.454 e. The molecule has 0 fully saturated rings. The van der Waals surface area contributed by atoms with Crippen molar-refractivity contribution in [3.8, 4) is 11.5 Å². The van der Waals surface area contributed by atoms with Crippen LogP contribution in [0.5, 0.6) is 11.5 Å². The fraction of sp³-hybridized carbons (Fsp3) is 0.263. The van der Waals surface area contributed by atoms with Crippen molar-refractivity contribution in [2.75, 3.05) is 18.7 Å². The molecule has 1 atom stereocenters. The number of nitrogens with one attached hydrogen (secondary N) is 2. The molecule has 2 N–H and O–H groups in total. The van der Waals surface area contributed by atoms with Gasteiger partial charge in [-0.15, -0.1) is 0 Å². The van der Waals surface area contributed by atoms with Crippen LogP contribution in [0.4, 0.5) is 5.69 Å². The second-order valence-corrected chi connectivity index (χ2v) is 6.12. The van der Waals surface area contributed by atoms with E-state index in [0.717, 1.165) is 28.3 Å². The zero-order valence-corrected chi connectivity index (χ0v) is 13.6. The summed E-state index contributed by atoms with van der Waals surface area (Å²) in [5.74, 6) is 0.790. The lowest BCUT2D eigenvalue weighted by atomic mass is 9.90. The van der Waals surface area contributed by atoms with Crippen molar-refractivity contribution in [1.82, 2.24) is 5.32 Å². The minimum absolute atomic E-state index is 0.122. The Morgan fingerprint density at radius 1 is 1.16 bits per heavy atom. The van der Waals surface area contributed by atoms with Crippen molar-refractivity contribution >= 4 is 17.5 Å². The van der Waals surface area contributed by atoms with E-state index in [9.17, 15) is 9.59 Å². The lowest BCUT2D eigenvalue weighted by Crippen LogP contribution is -2.35. The highest BCUT2D eigenvalue weighted by atomic mass is 16.7. The van der Waals surface area contributed by atoms with Crippen LogP contribution >= 0.6 is 0 Å². The molecule has 6 nitrogen and oxygen atoms in total. The molecule has 6 heteroatoms. The van der Waals surface area contributed by atoms with Gasteiger partial charge in [0.25, 0.3) is 0 Å². The molecule has 0 saturated carbocycles. The average Bonchev–Trinajstić information content (AvgIpc) is 3.08. The topological polar surface area (TPSA) is 76.7 Å². The lowest BCUT2D eigenvalue weighted by molar-refractivity contribution is -0.126. The van der Waals surface area contributed by atoms with Crippen LogP contribution in [-0.4, -0.2) is 25.2 Å². The van der Waals surface area contributed by atoms with E-state index < -0.39 is 5.92 Å². The van der Waals surface area contributed by atoms with Crippen LogP contribution in [-0.2, 0) is 16.0 Å². The average molecular weight is 338 g/mol. The van der Waals surface area contributed by atoms with E-state index in [1.165, 1.54) is 0 Å². The number of hydrogen-bond donors (Lipinski definition) is 2. The fourth-order valence-corrected chi connectivity index (χ4v) is 3.19. The molecule has 2 aliphatic heterocycles. The number of carbonyl (C=O) groups excluding carboxylic acids is 2. The zero-order chi connectivity index (χ0) is 17.2. The summed E-state index contributed by atoms with van der Waals surface area (Å²) < 4.78 is 10.6. The highest BCUT2D eigenvalue weighted by Crippen LogP contribution is 2.33. The highest BCUT2D eigenvalue weighted by molar-refractivity contribution is 6.01. The van der Waals surface area contributed by atoms with Gasteiger partial charge in [0.1, 0.15) is 0 Å². The minimum atomic E-state index is -0.443. The number of hydrogen-bond acceptors (Lipinski definition) is 4. The fourth-order valence-electron chi connectivity index (χ4n) is 3.19. The zero-order valence-electron chi connectivity index (χ0n) is 13.6. The van der Waals surface area contributed by atoms with Gasteiger partial charge < -0.3 is 20.1 Å². The smallest absolute Gasteiger partial charge is 0.231 e. The van der Waals surface area contributed by atoms with Gasteiger partial charge in [-0.1, -0.05) is 24.3 Å². The van der Waals surface area contributed by atoms with Gasteiger partial charge in [-0.2, -0.15) is 0 Å². The molecular weight excluding hydrogens is 320 g/mol. The van der Waals surface area contributed by atoms with Crippen LogP contribution in [0.25, 0.3) is 0 Å². The van der Waals surface area contributed by atoms with Crippen molar-refractivity contribution in [1.29, 1.82) is 0 Å². The quantitative estimate of drug-likeness (QED) is 0.896. The first-order chi connectivity index (χ1) is 12.2. The Hall–Kier alpha value is -3.02.